The van der Waals surface area contributed by atoms with Gasteiger partial charge in [-0.25, -0.2) is 4.98 Å². The molecule has 6 aliphatic rings. The van der Waals surface area contributed by atoms with E-state index in [1.54, 1.807) is 66.0 Å². The summed E-state index contributed by atoms with van der Waals surface area (Å²) in [6.45, 7) is 9.55. The summed E-state index contributed by atoms with van der Waals surface area (Å²) in [5.74, 6) is -1.87. The van der Waals surface area contributed by atoms with Crippen molar-refractivity contribution in [2.75, 3.05) is 59.8 Å². The molecule has 5 atom stereocenters. The van der Waals surface area contributed by atoms with Crippen LogP contribution in [0.4, 0.5) is 28.7 Å². The number of piperazine rings is 1. The fraction of sp³-hybridized carbons (Fsp3) is 0.434. The molecule has 368 valence electrons. The number of nitrogens with one attached hydrogen (secondary N) is 2. The first-order valence-corrected chi connectivity index (χ1v) is 25.5. The number of rotatable bonds is 10. The third-order valence-corrected chi connectivity index (χ3v) is 16.7. The fourth-order valence-electron chi connectivity index (χ4n) is 11.7. The predicted octanol–water partition coefficient (Wildman–Crippen LogP) is 6.46. The molecule has 5 aliphatic heterocycles. The Balaban J connectivity index is 0.783. The molecule has 1 aromatic carbocycles. The molecule has 1 aliphatic carbocycles. The number of aliphatic hydroxyl groups excluding tert-OH is 1. The van der Waals surface area contributed by atoms with E-state index in [2.05, 4.69) is 44.2 Å². The summed E-state index contributed by atoms with van der Waals surface area (Å²) < 4.78 is 29.9. The number of aryl methyl sites for hydroxylation is 1. The molecule has 4 aromatic heterocycles. The van der Waals surface area contributed by atoms with Crippen molar-refractivity contribution in [3.05, 3.63) is 98.6 Å². The molecule has 5 aromatic rings. The van der Waals surface area contributed by atoms with Crippen LogP contribution in [0, 0.1) is 0 Å². The van der Waals surface area contributed by atoms with Gasteiger partial charge in [0.1, 0.15) is 23.4 Å². The summed E-state index contributed by atoms with van der Waals surface area (Å²) in [6.07, 6.45) is 10.8. The molecular formula is C53H58N10O7S. The Kier molecular flexibility index (Phi) is 11.4. The van der Waals surface area contributed by atoms with Crippen molar-refractivity contribution in [2.45, 2.75) is 109 Å². The number of methoxy groups -OCH3 is 1. The third-order valence-electron chi connectivity index (χ3n) is 15.3. The number of hydrogen-bond acceptors (Lipinski definition) is 15. The molecular weight excluding hydrogens is 921 g/mol. The molecule has 5 amide bonds. The van der Waals surface area contributed by atoms with Crippen molar-refractivity contribution < 1.29 is 37.9 Å². The van der Waals surface area contributed by atoms with Gasteiger partial charge >= 0.3 is 0 Å². The second kappa shape index (κ2) is 18.8. The number of hydrogen-bond donors (Lipinski definition) is 3. The van der Waals surface area contributed by atoms with Crippen LogP contribution in [-0.4, -0.2) is 123 Å². The highest BCUT2D eigenvalue weighted by Crippen LogP contribution is 2.44. The number of piperidine rings is 2. The van der Waals surface area contributed by atoms with Crippen molar-refractivity contribution >= 4 is 69.6 Å². The average molecular weight is 982 g/mol. The Morgan fingerprint density at radius 2 is 1.65 bits per heavy atom. The minimum atomic E-state index is -2.88. The van der Waals surface area contributed by atoms with E-state index in [1.165, 1.54) is 10.4 Å². The van der Waals surface area contributed by atoms with E-state index in [0.717, 1.165) is 86.5 Å². The standard InChI is InChI=1S/C53H58N10O7S/c1-29-23-32(16-19-60(29)33-9-11-38-40(24-33)52(68)63(51(38)67)43-12-14-46(65)57-49(43)66)59-21-22-61(30(2)28-59)34-10-13-45(55-26-34)56-42-25-39(35-15-18-54-27-41(35)31(3)64)48(58-50(42)70-4)62-20-17-37-36-7-5-6-8-44(36)71-47(37)53(62)69/h9-11,13,15,18,24-27,29-32,43,64H,5-8,12,14,16-17,19-23,28H2,1-4H3,(H,55,56)(H,57,65,66)/t29-,30+,31-,32?,43?/m1/s1/i4D3. The lowest BCUT2D eigenvalue weighted by Gasteiger charge is -2.48. The van der Waals surface area contributed by atoms with Gasteiger partial charge < -0.3 is 25.0 Å². The Morgan fingerprint density at radius 1 is 0.831 bits per heavy atom. The van der Waals surface area contributed by atoms with Crippen molar-refractivity contribution in [2.24, 2.45) is 0 Å². The molecule has 3 saturated heterocycles. The Bertz CT molecular complexity index is 3090. The summed E-state index contributed by atoms with van der Waals surface area (Å²) in [5, 5.41) is 16.4. The summed E-state index contributed by atoms with van der Waals surface area (Å²) >= 11 is 1.55. The van der Waals surface area contributed by atoms with E-state index in [-0.39, 0.29) is 59.3 Å². The molecule has 17 nitrogen and oxygen atoms in total. The molecule has 0 saturated carbocycles. The van der Waals surface area contributed by atoms with Crippen molar-refractivity contribution in [1.82, 2.24) is 30.1 Å². The van der Waals surface area contributed by atoms with Crippen LogP contribution in [0.5, 0.6) is 5.88 Å². The zero-order valence-electron chi connectivity index (χ0n) is 42.9. The molecule has 0 radical (unpaired) electrons. The average Bonchev–Trinajstić information content (AvgIpc) is 3.89. The summed E-state index contributed by atoms with van der Waals surface area (Å²) in [4.78, 5) is 91.4. The van der Waals surface area contributed by atoms with Crippen molar-refractivity contribution in [3.8, 4) is 17.0 Å². The lowest BCUT2D eigenvalue weighted by atomic mass is 9.91. The van der Waals surface area contributed by atoms with Crippen LogP contribution >= 0.6 is 11.3 Å². The van der Waals surface area contributed by atoms with Gasteiger partial charge in [-0.3, -0.25) is 49.0 Å². The number of nitrogens with zero attached hydrogens (tertiary/aromatic N) is 8. The maximum absolute atomic E-state index is 14.5. The van der Waals surface area contributed by atoms with Gasteiger partial charge in [0, 0.05) is 91.4 Å². The van der Waals surface area contributed by atoms with Crippen molar-refractivity contribution in [3.63, 3.8) is 0 Å². The molecule has 0 spiro atoms. The van der Waals surface area contributed by atoms with Crippen LogP contribution in [0.1, 0.15) is 121 Å². The smallest absolute Gasteiger partial charge is 0.269 e. The van der Waals surface area contributed by atoms with Crippen LogP contribution in [-0.2, 0) is 28.9 Å². The highest BCUT2D eigenvalue weighted by Gasteiger charge is 2.45. The number of aromatic nitrogens is 3. The second-order valence-corrected chi connectivity index (χ2v) is 20.7. The number of carbonyl (C=O) groups excluding carboxylic acids is 5. The maximum Gasteiger partial charge on any atom is 0.269 e. The number of imide groups is 2. The minimum absolute atomic E-state index is 0.0653. The predicted molar refractivity (Wildman–Crippen MR) is 270 cm³/mol. The number of thiophene rings is 1. The number of anilines is 5. The number of fused-ring (bicyclic) bond motifs is 4. The minimum Gasteiger partial charge on any atom is -0.479 e. The number of aliphatic hydroxyl groups is 1. The molecule has 0 bridgehead atoms. The zero-order valence-corrected chi connectivity index (χ0v) is 40.8. The van der Waals surface area contributed by atoms with Gasteiger partial charge in [0.05, 0.1) is 45.1 Å². The Hall–Kier alpha value is -6.76. The molecule has 2 unspecified atom stereocenters. The SMILES string of the molecule is [2H]C([2H])([2H])Oc1nc(N2CCc3c(sc4c3CCCC4)C2=O)c(-c2ccncc2[C@@H](C)O)cc1Nc1ccc(N2CCN(C3CCN(c4ccc5c(c4)C(=O)N(C4CCC(=O)NC4=O)C5=O)[C@H](C)C3)C[C@@H]2C)cn1. The van der Waals surface area contributed by atoms with Gasteiger partial charge in [-0.2, -0.15) is 4.98 Å². The van der Waals surface area contributed by atoms with Crippen molar-refractivity contribution in [1.29, 1.82) is 0 Å². The van der Waals surface area contributed by atoms with Gasteiger partial charge in [-0.05, 0) is 131 Å². The van der Waals surface area contributed by atoms with Crippen LogP contribution in [0.2, 0.25) is 0 Å². The third kappa shape index (κ3) is 8.38. The first kappa shape index (κ1) is 43.1. The Labute approximate surface area is 420 Å². The molecule has 11 rings (SSSR count). The van der Waals surface area contributed by atoms with E-state index in [1.807, 2.05) is 18.2 Å². The molecule has 71 heavy (non-hydrogen) atoms. The van der Waals surface area contributed by atoms with E-state index in [4.69, 9.17) is 18.8 Å². The first-order chi connectivity index (χ1) is 35.5. The summed E-state index contributed by atoms with van der Waals surface area (Å²) in [6, 6.07) is 12.2. The quantitative estimate of drug-likeness (QED) is 0.129. The van der Waals surface area contributed by atoms with Crippen LogP contribution in [0.3, 0.4) is 0 Å². The lowest BCUT2D eigenvalue weighted by Crippen LogP contribution is -2.58. The molecule has 18 heteroatoms. The lowest BCUT2D eigenvalue weighted by molar-refractivity contribution is -0.136. The molecule has 9 heterocycles. The first-order valence-electron chi connectivity index (χ1n) is 26.2. The number of benzene rings is 1. The van der Waals surface area contributed by atoms with Crippen LogP contribution in [0.15, 0.2) is 61.1 Å². The highest BCUT2D eigenvalue weighted by atomic mass is 32.1. The number of pyridine rings is 3. The number of carbonyl (C=O) groups is 5. The second-order valence-electron chi connectivity index (χ2n) is 19.6. The van der Waals surface area contributed by atoms with Crippen LogP contribution < -0.4 is 30.1 Å². The van der Waals surface area contributed by atoms with Gasteiger partial charge in [-0.1, -0.05) is 0 Å². The van der Waals surface area contributed by atoms with E-state index in [9.17, 15) is 29.1 Å². The van der Waals surface area contributed by atoms with Gasteiger partial charge in [0.25, 0.3) is 17.7 Å². The van der Waals surface area contributed by atoms with Gasteiger partial charge in [-0.15, -0.1) is 11.3 Å². The topological polar surface area (TPSA) is 194 Å². The molecule has 3 N–H and O–H groups in total. The Morgan fingerprint density at radius 3 is 2.42 bits per heavy atom. The monoisotopic (exact) mass is 981 g/mol. The van der Waals surface area contributed by atoms with E-state index in [0.29, 0.717) is 46.4 Å². The maximum atomic E-state index is 14.5. The highest BCUT2D eigenvalue weighted by molar-refractivity contribution is 7.14. The number of ether oxygens (including phenoxy) is 1. The number of amides is 5. The summed E-state index contributed by atoms with van der Waals surface area (Å²) in [7, 11) is -2.88. The fourth-order valence-corrected chi connectivity index (χ4v) is 13.1. The van der Waals surface area contributed by atoms with E-state index < -0.39 is 42.8 Å². The normalized spacial score (nSPS) is 23.9. The van der Waals surface area contributed by atoms with Crippen LogP contribution in [0.25, 0.3) is 11.1 Å². The zero-order chi connectivity index (χ0) is 51.7. The van der Waals surface area contributed by atoms with E-state index >= 15 is 0 Å². The largest absolute Gasteiger partial charge is 0.479 e. The molecule has 3 fully saturated rings. The van der Waals surface area contributed by atoms with Gasteiger partial charge in [0.2, 0.25) is 17.7 Å². The van der Waals surface area contributed by atoms with Gasteiger partial charge in [0.15, 0.2) is 0 Å². The summed E-state index contributed by atoms with van der Waals surface area (Å²) in [5.41, 5.74) is 6.51.